The van der Waals surface area contributed by atoms with Crippen LogP contribution in [0.25, 0.3) is 0 Å². The summed E-state index contributed by atoms with van der Waals surface area (Å²) in [5.41, 5.74) is 10.7. The molecule has 34 heavy (non-hydrogen) atoms. The molecule has 0 fully saturated rings. The van der Waals surface area contributed by atoms with Crippen LogP contribution in [0.3, 0.4) is 0 Å². The van der Waals surface area contributed by atoms with Crippen LogP contribution in [0.15, 0.2) is 0 Å². The van der Waals surface area contributed by atoms with Gasteiger partial charge in [0.05, 0.1) is 12.5 Å². The molecule has 0 aromatic heterocycles. The van der Waals surface area contributed by atoms with Crippen LogP contribution in [-0.2, 0) is 23.9 Å². The lowest BCUT2D eigenvalue weighted by Gasteiger charge is -2.20. The van der Waals surface area contributed by atoms with Gasteiger partial charge < -0.3 is 37.5 Å². The van der Waals surface area contributed by atoms with Gasteiger partial charge in [-0.2, -0.15) is 0 Å². The van der Waals surface area contributed by atoms with E-state index in [9.17, 15) is 19.2 Å². The largest absolute Gasteiger partial charge is 0.460 e. The van der Waals surface area contributed by atoms with Crippen molar-refractivity contribution in [3.05, 3.63) is 0 Å². The Morgan fingerprint density at radius 3 is 2.12 bits per heavy atom. The molecule has 3 amide bonds. The van der Waals surface area contributed by atoms with Crippen molar-refractivity contribution < 1.29 is 23.9 Å². The molecule has 11 heteroatoms. The number of nitrogens with two attached hydrogens (primary N) is 2. The van der Waals surface area contributed by atoms with E-state index >= 15 is 0 Å². The van der Waals surface area contributed by atoms with E-state index in [1.54, 1.807) is 27.8 Å². The Morgan fingerprint density at radius 1 is 0.853 bits per heavy atom. The molecular weight excluding hydrogens is 440 g/mol. The summed E-state index contributed by atoms with van der Waals surface area (Å²) < 4.78 is 5.21. The average Bonchev–Trinajstić information content (AvgIpc) is 2.75. The zero-order valence-corrected chi connectivity index (χ0v) is 21.3. The second-order valence-corrected chi connectivity index (χ2v) is 9.28. The fourth-order valence-corrected chi connectivity index (χ4v) is 3.03. The van der Waals surface area contributed by atoms with E-state index in [0.29, 0.717) is 51.9 Å². The summed E-state index contributed by atoms with van der Waals surface area (Å²) in [6.45, 7) is 7.32. The molecule has 198 valence electrons. The van der Waals surface area contributed by atoms with Gasteiger partial charge in [0.2, 0.25) is 17.7 Å². The Bertz CT molecular complexity index is 623. The molecule has 0 aliphatic heterocycles. The molecule has 11 nitrogen and oxygen atoms in total. The third kappa shape index (κ3) is 17.3. The number of hydrogen-bond donors (Lipinski definition) is 6. The first-order chi connectivity index (χ1) is 16.0. The van der Waals surface area contributed by atoms with Crippen LogP contribution in [-0.4, -0.2) is 74.6 Å². The van der Waals surface area contributed by atoms with Gasteiger partial charge in [0, 0.05) is 26.1 Å². The van der Waals surface area contributed by atoms with Crippen LogP contribution < -0.4 is 32.7 Å². The molecule has 0 saturated carbocycles. The zero-order valence-electron chi connectivity index (χ0n) is 21.3. The molecule has 8 N–H and O–H groups in total. The SMILES string of the molecule is CNCCNC(=O)[C@H](CCCCNC(=O)[C@@H](N)CCCCN)NC(=O)CCC(=O)OC(C)(C)C. The Kier molecular flexibility index (Phi) is 16.9. The zero-order chi connectivity index (χ0) is 26.0. The smallest absolute Gasteiger partial charge is 0.306 e. The van der Waals surface area contributed by atoms with Crippen molar-refractivity contribution in [3.63, 3.8) is 0 Å². The molecule has 0 aromatic carbocycles. The first-order valence-electron chi connectivity index (χ1n) is 12.2. The van der Waals surface area contributed by atoms with Gasteiger partial charge in [-0.25, -0.2) is 0 Å². The predicted octanol–water partition coefficient (Wildman–Crippen LogP) is -0.328. The molecule has 0 aliphatic carbocycles. The minimum atomic E-state index is -0.725. The summed E-state index contributed by atoms with van der Waals surface area (Å²) >= 11 is 0. The molecule has 0 saturated heterocycles. The lowest BCUT2D eigenvalue weighted by atomic mass is 10.1. The molecule has 0 bridgehead atoms. The lowest BCUT2D eigenvalue weighted by molar-refractivity contribution is -0.155. The molecule has 0 heterocycles. The monoisotopic (exact) mass is 486 g/mol. The standard InChI is InChI=1S/C23H46N6O5/c1-23(2,3)34-20(31)12-11-19(30)29-18(22(33)28-16-15-26-4)10-6-8-14-27-21(32)17(25)9-5-7-13-24/h17-18,26H,5-16,24-25H2,1-4H3,(H,27,32)(H,28,33)(H,29,30)/t17-,18-/m0/s1. The van der Waals surface area contributed by atoms with Crippen molar-refractivity contribution >= 4 is 23.7 Å². The molecular formula is C23H46N6O5. The highest BCUT2D eigenvalue weighted by Gasteiger charge is 2.22. The second-order valence-electron chi connectivity index (χ2n) is 9.28. The van der Waals surface area contributed by atoms with Crippen molar-refractivity contribution in [2.24, 2.45) is 11.5 Å². The first kappa shape index (κ1) is 31.8. The number of carbonyl (C=O) groups is 4. The van der Waals surface area contributed by atoms with Gasteiger partial charge in [-0.1, -0.05) is 6.42 Å². The molecule has 2 atom stereocenters. The topological polar surface area (TPSA) is 178 Å². The van der Waals surface area contributed by atoms with Gasteiger partial charge >= 0.3 is 5.97 Å². The third-order valence-corrected chi connectivity index (χ3v) is 4.83. The van der Waals surface area contributed by atoms with Crippen LogP contribution in [0.1, 0.15) is 72.1 Å². The van der Waals surface area contributed by atoms with Crippen molar-refractivity contribution in [1.29, 1.82) is 0 Å². The summed E-state index contributed by atoms with van der Waals surface area (Å²) in [6, 6.07) is -1.28. The fourth-order valence-electron chi connectivity index (χ4n) is 3.03. The van der Waals surface area contributed by atoms with Gasteiger partial charge in [0.15, 0.2) is 0 Å². The van der Waals surface area contributed by atoms with E-state index in [2.05, 4.69) is 21.3 Å². The first-order valence-corrected chi connectivity index (χ1v) is 12.2. The number of rotatable bonds is 18. The van der Waals surface area contributed by atoms with Gasteiger partial charge in [-0.3, -0.25) is 19.2 Å². The summed E-state index contributed by atoms with van der Waals surface area (Å²) in [6.07, 6.45) is 3.76. The normalized spacial score (nSPS) is 13.0. The van der Waals surface area contributed by atoms with Gasteiger partial charge in [0.25, 0.3) is 0 Å². The van der Waals surface area contributed by atoms with Crippen molar-refractivity contribution in [2.75, 3.05) is 33.2 Å². The Balaban J connectivity index is 4.52. The summed E-state index contributed by atoms with van der Waals surface area (Å²) in [4.78, 5) is 48.7. The number of amides is 3. The number of esters is 1. The number of unbranched alkanes of at least 4 members (excludes halogenated alkanes) is 2. The summed E-state index contributed by atoms with van der Waals surface area (Å²) in [5.74, 6) is -1.34. The highest BCUT2D eigenvalue weighted by atomic mass is 16.6. The minimum absolute atomic E-state index is 0.0607. The molecule has 0 aromatic rings. The predicted molar refractivity (Wildman–Crippen MR) is 132 cm³/mol. The molecule has 0 rings (SSSR count). The average molecular weight is 487 g/mol. The van der Waals surface area contributed by atoms with Gasteiger partial charge in [-0.15, -0.1) is 0 Å². The van der Waals surface area contributed by atoms with Crippen molar-refractivity contribution in [3.8, 4) is 0 Å². The highest BCUT2D eigenvalue weighted by molar-refractivity contribution is 5.88. The number of carbonyl (C=O) groups excluding carboxylic acids is 4. The number of likely N-dealkylation sites (N-methyl/N-ethyl adjacent to an activating group) is 1. The molecule has 0 radical (unpaired) electrons. The maximum absolute atomic E-state index is 12.5. The maximum Gasteiger partial charge on any atom is 0.306 e. The Morgan fingerprint density at radius 2 is 1.50 bits per heavy atom. The number of nitrogens with one attached hydrogen (secondary N) is 4. The summed E-state index contributed by atoms with van der Waals surface area (Å²) in [5, 5.41) is 11.2. The van der Waals surface area contributed by atoms with Crippen molar-refractivity contribution in [2.45, 2.75) is 89.8 Å². The van der Waals surface area contributed by atoms with Crippen LogP contribution in [0, 0.1) is 0 Å². The van der Waals surface area contributed by atoms with Crippen LogP contribution >= 0.6 is 0 Å². The molecule has 0 spiro atoms. The number of ether oxygens (including phenoxy) is 1. The van der Waals surface area contributed by atoms with Crippen LogP contribution in [0.4, 0.5) is 0 Å². The van der Waals surface area contributed by atoms with E-state index in [-0.39, 0.29) is 24.7 Å². The van der Waals surface area contributed by atoms with Crippen LogP contribution in [0.2, 0.25) is 0 Å². The van der Waals surface area contributed by atoms with E-state index in [0.717, 1.165) is 12.8 Å². The Hall–Kier alpha value is -2.24. The summed E-state index contributed by atoms with van der Waals surface area (Å²) in [7, 11) is 1.78. The quantitative estimate of drug-likeness (QED) is 0.113. The van der Waals surface area contributed by atoms with E-state index < -0.39 is 29.6 Å². The van der Waals surface area contributed by atoms with E-state index in [1.165, 1.54) is 0 Å². The molecule has 0 aliphatic rings. The van der Waals surface area contributed by atoms with Crippen LogP contribution in [0.5, 0.6) is 0 Å². The highest BCUT2D eigenvalue weighted by Crippen LogP contribution is 2.09. The minimum Gasteiger partial charge on any atom is -0.460 e. The Labute approximate surface area is 203 Å². The lowest BCUT2D eigenvalue weighted by Crippen LogP contribution is -2.48. The van der Waals surface area contributed by atoms with E-state index in [4.69, 9.17) is 16.2 Å². The van der Waals surface area contributed by atoms with Crippen molar-refractivity contribution in [1.82, 2.24) is 21.3 Å². The fraction of sp³-hybridized carbons (Fsp3) is 0.826. The third-order valence-electron chi connectivity index (χ3n) is 4.83. The number of hydrogen-bond acceptors (Lipinski definition) is 8. The maximum atomic E-state index is 12.5. The molecule has 0 unspecified atom stereocenters. The van der Waals surface area contributed by atoms with Gasteiger partial charge in [-0.05, 0) is 66.5 Å². The van der Waals surface area contributed by atoms with E-state index in [1.807, 2.05) is 0 Å². The van der Waals surface area contributed by atoms with Gasteiger partial charge in [0.1, 0.15) is 11.6 Å². The second kappa shape index (κ2) is 18.1.